The molecule has 1 fully saturated rings. The van der Waals surface area contributed by atoms with E-state index in [1.165, 1.54) is 5.01 Å². The van der Waals surface area contributed by atoms with E-state index in [0.29, 0.717) is 13.2 Å². The van der Waals surface area contributed by atoms with Crippen LogP contribution < -0.4 is 5.43 Å². The van der Waals surface area contributed by atoms with E-state index in [0.717, 1.165) is 0 Å². The Kier molecular flexibility index (Phi) is 2.43. The van der Waals surface area contributed by atoms with E-state index in [1.807, 2.05) is 0 Å². The van der Waals surface area contributed by atoms with Crippen molar-refractivity contribution < 1.29 is 14.3 Å². The third kappa shape index (κ3) is 1.91. The van der Waals surface area contributed by atoms with Crippen LogP contribution in [-0.4, -0.2) is 37.1 Å². The van der Waals surface area contributed by atoms with Gasteiger partial charge < -0.3 is 4.74 Å². The van der Waals surface area contributed by atoms with Crippen molar-refractivity contribution in [3.05, 3.63) is 0 Å². The molecule has 0 aromatic rings. The molecule has 0 spiro atoms. The highest BCUT2D eigenvalue weighted by molar-refractivity contribution is 6.02. The van der Waals surface area contributed by atoms with E-state index in [-0.39, 0.29) is 18.2 Å². The molecule has 1 saturated heterocycles. The maximum Gasteiger partial charge on any atom is 0.250 e. The topological polar surface area (TPSA) is 58.6 Å². The highest BCUT2D eigenvalue weighted by Crippen LogP contribution is 1.99. The van der Waals surface area contributed by atoms with Gasteiger partial charge in [-0.15, -0.1) is 0 Å². The van der Waals surface area contributed by atoms with Crippen LogP contribution >= 0.6 is 0 Å². The van der Waals surface area contributed by atoms with E-state index in [1.54, 1.807) is 7.11 Å². The third-order valence-electron chi connectivity index (χ3n) is 1.39. The van der Waals surface area contributed by atoms with E-state index < -0.39 is 0 Å². The van der Waals surface area contributed by atoms with Crippen LogP contribution in [0.5, 0.6) is 0 Å². The summed E-state index contributed by atoms with van der Waals surface area (Å²) in [6.45, 7) is 0.854. The Morgan fingerprint density at radius 3 is 2.82 bits per heavy atom. The fourth-order valence-corrected chi connectivity index (χ4v) is 0.848. The quantitative estimate of drug-likeness (QED) is 0.530. The van der Waals surface area contributed by atoms with Gasteiger partial charge in [-0.1, -0.05) is 0 Å². The molecule has 62 valence electrons. The van der Waals surface area contributed by atoms with Crippen molar-refractivity contribution in [1.82, 2.24) is 10.4 Å². The fraction of sp³-hybridized carbons (Fsp3) is 0.667. The van der Waals surface area contributed by atoms with Crippen LogP contribution in [0.4, 0.5) is 0 Å². The normalized spacial score (nSPS) is 17.4. The molecule has 2 amide bonds. The van der Waals surface area contributed by atoms with Gasteiger partial charge in [0, 0.05) is 7.11 Å². The van der Waals surface area contributed by atoms with Crippen molar-refractivity contribution in [2.24, 2.45) is 0 Å². The summed E-state index contributed by atoms with van der Waals surface area (Å²) in [7, 11) is 1.54. The SMILES string of the molecule is COCCN1NC(=O)CC1=O. The molecular formula is C6H10N2O3. The molecule has 0 bridgehead atoms. The Morgan fingerprint density at radius 2 is 2.36 bits per heavy atom. The van der Waals surface area contributed by atoms with Gasteiger partial charge in [0.25, 0.3) is 5.91 Å². The molecule has 1 rings (SSSR count). The number of rotatable bonds is 3. The maximum atomic E-state index is 10.9. The molecule has 0 aromatic heterocycles. The average molecular weight is 158 g/mol. The summed E-state index contributed by atoms with van der Waals surface area (Å²) in [6, 6.07) is 0. The number of ether oxygens (including phenoxy) is 1. The molecular weight excluding hydrogens is 148 g/mol. The lowest BCUT2D eigenvalue weighted by Crippen LogP contribution is -2.38. The number of hydrogen-bond acceptors (Lipinski definition) is 3. The summed E-state index contributed by atoms with van der Waals surface area (Å²) in [5.74, 6) is -0.432. The molecule has 0 unspecified atom stereocenters. The van der Waals surface area contributed by atoms with Crippen LogP contribution in [0, 0.1) is 0 Å². The van der Waals surface area contributed by atoms with Crippen molar-refractivity contribution >= 4 is 11.8 Å². The Morgan fingerprint density at radius 1 is 1.64 bits per heavy atom. The highest BCUT2D eigenvalue weighted by Gasteiger charge is 2.25. The average Bonchev–Trinajstić information content (AvgIpc) is 2.26. The van der Waals surface area contributed by atoms with Crippen molar-refractivity contribution in [2.75, 3.05) is 20.3 Å². The van der Waals surface area contributed by atoms with Gasteiger partial charge in [-0.3, -0.25) is 20.0 Å². The first-order valence-corrected chi connectivity index (χ1v) is 3.33. The Hall–Kier alpha value is -1.10. The number of nitrogens with zero attached hydrogens (tertiary/aromatic N) is 1. The van der Waals surface area contributed by atoms with Gasteiger partial charge in [-0.2, -0.15) is 0 Å². The van der Waals surface area contributed by atoms with Crippen LogP contribution in [0.1, 0.15) is 6.42 Å². The van der Waals surface area contributed by atoms with Gasteiger partial charge in [0.15, 0.2) is 0 Å². The van der Waals surface area contributed by atoms with Crippen molar-refractivity contribution in [1.29, 1.82) is 0 Å². The number of nitrogens with one attached hydrogen (secondary N) is 1. The smallest absolute Gasteiger partial charge is 0.250 e. The van der Waals surface area contributed by atoms with Gasteiger partial charge in [0.1, 0.15) is 6.42 Å². The summed E-state index contributed by atoms with van der Waals surface area (Å²) in [5, 5.41) is 1.27. The number of hydrazine groups is 1. The number of amides is 2. The minimum Gasteiger partial charge on any atom is -0.383 e. The van der Waals surface area contributed by atoms with Gasteiger partial charge in [0.05, 0.1) is 13.2 Å². The standard InChI is InChI=1S/C6H10N2O3/c1-11-3-2-8-6(10)4-5(9)7-8/h2-4H2,1H3,(H,7,9). The number of carbonyl (C=O) groups is 2. The van der Waals surface area contributed by atoms with Crippen molar-refractivity contribution in [3.8, 4) is 0 Å². The number of methoxy groups -OCH3 is 1. The lowest BCUT2D eigenvalue weighted by Gasteiger charge is -2.13. The second-order valence-electron chi connectivity index (χ2n) is 2.25. The van der Waals surface area contributed by atoms with Gasteiger partial charge >= 0.3 is 0 Å². The highest BCUT2D eigenvalue weighted by atomic mass is 16.5. The first kappa shape index (κ1) is 8.00. The minimum absolute atomic E-state index is 0.0380. The minimum atomic E-state index is -0.244. The first-order chi connectivity index (χ1) is 5.24. The molecule has 5 heteroatoms. The Bertz CT molecular complexity index is 181. The molecule has 0 radical (unpaired) electrons. The Balaban J connectivity index is 2.34. The van der Waals surface area contributed by atoms with Gasteiger partial charge in [0.2, 0.25) is 5.91 Å². The molecule has 1 heterocycles. The molecule has 0 aliphatic carbocycles. The monoisotopic (exact) mass is 158 g/mol. The summed E-state index contributed by atoms with van der Waals surface area (Å²) < 4.78 is 4.74. The van der Waals surface area contributed by atoms with E-state index in [9.17, 15) is 9.59 Å². The van der Waals surface area contributed by atoms with Crippen LogP contribution in [0.25, 0.3) is 0 Å². The first-order valence-electron chi connectivity index (χ1n) is 3.33. The summed E-state index contributed by atoms with van der Waals surface area (Å²) in [5.41, 5.74) is 2.40. The van der Waals surface area contributed by atoms with Crippen molar-refractivity contribution in [2.45, 2.75) is 6.42 Å². The second kappa shape index (κ2) is 3.34. The van der Waals surface area contributed by atoms with E-state index >= 15 is 0 Å². The maximum absolute atomic E-state index is 10.9. The van der Waals surface area contributed by atoms with E-state index in [4.69, 9.17) is 4.74 Å². The molecule has 1 N–H and O–H groups in total. The van der Waals surface area contributed by atoms with E-state index in [2.05, 4.69) is 5.43 Å². The molecule has 1 aliphatic rings. The lowest BCUT2D eigenvalue weighted by atomic mass is 10.4. The third-order valence-corrected chi connectivity index (χ3v) is 1.39. The number of hydrogen-bond donors (Lipinski definition) is 1. The fourth-order valence-electron chi connectivity index (χ4n) is 0.848. The van der Waals surface area contributed by atoms with Crippen LogP contribution in [-0.2, 0) is 14.3 Å². The van der Waals surface area contributed by atoms with Gasteiger partial charge in [-0.25, -0.2) is 0 Å². The Labute approximate surface area is 64.3 Å². The molecule has 0 saturated carbocycles. The molecule has 0 aromatic carbocycles. The molecule has 1 aliphatic heterocycles. The predicted octanol–water partition coefficient (Wildman–Crippen LogP) is -1.10. The van der Waals surface area contributed by atoms with Gasteiger partial charge in [-0.05, 0) is 0 Å². The summed E-state index contributed by atoms with van der Waals surface area (Å²) >= 11 is 0. The van der Waals surface area contributed by atoms with Crippen LogP contribution in [0.3, 0.4) is 0 Å². The molecule has 11 heavy (non-hydrogen) atoms. The zero-order valence-corrected chi connectivity index (χ0v) is 6.29. The predicted molar refractivity (Wildman–Crippen MR) is 36.3 cm³/mol. The molecule has 5 nitrogen and oxygen atoms in total. The largest absolute Gasteiger partial charge is 0.383 e. The zero-order valence-electron chi connectivity index (χ0n) is 6.29. The zero-order chi connectivity index (χ0) is 8.27. The van der Waals surface area contributed by atoms with Crippen LogP contribution in [0.15, 0.2) is 0 Å². The summed E-state index contributed by atoms with van der Waals surface area (Å²) in [4.78, 5) is 21.5. The van der Waals surface area contributed by atoms with Crippen LogP contribution in [0.2, 0.25) is 0 Å². The second-order valence-corrected chi connectivity index (χ2v) is 2.25. The number of carbonyl (C=O) groups excluding carboxylic acids is 2. The lowest BCUT2D eigenvalue weighted by molar-refractivity contribution is -0.130. The van der Waals surface area contributed by atoms with Crippen molar-refractivity contribution in [3.63, 3.8) is 0 Å². The molecule has 0 atom stereocenters. The summed E-state index contributed by atoms with van der Waals surface area (Å²) in [6.07, 6.45) is -0.0380.